The first-order valence-electron chi connectivity index (χ1n) is 5.26. The molecule has 1 unspecified atom stereocenters. The second-order valence-corrected chi connectivity index (χ2v) is 3.98. The molecule has 0 aromatic heterocycles. The van der Waals surface area contributed by atoms with Crippen LogP contribution in [0.3, 0.4) is 0 Å². The number of amidine groups is 1. The predicted molar refractivity (Wildman–Crippen MR) is 60.2 cm³/mol. The maximum absolute atomic E-state index is 13.1. The Morgan fingerprint density at radius 2 is 2.29 bits per heavy atom. The number of fused-ring (bicyclic) bond motifs is 1. The second kappa shape index (κ2) is 4.16. The summed E-state index contributed by atoms with van der Waals surface area (Å²) in [6.45, 7) is 2.10. The molecular formula is C12H13FN2O2. The second-order valence-electron chi connectivity index (χ2n) is 3.98. The smallest absolute Gasteiger partial charge is 0.328 e. The first-order chi connectivity index (χ1) is 8.04. The molecule has 90 valence electrons. The number of nitrogens with zero attached hydrogens (tertiary/aromatic N) is 1. The molecule has 0 bridgehead atoms. The summed E-state index contributed by atoms with van der Waals surface area (Å²) >= 11 is 0. The number of nitrogens with one attached hydrogen (secondary N) is 1. The lowest BCUT2D eigenvalue weighted by Crippen LogP contribution is -2.39. The summed E-state index contributed by atoms with van der Waals surface area (Å²) in [6, 6.07) is 3.78. The number of benzene rings is 1. The number of hydrogen-bond acceptors (Lipinski definition) is 3. The molecule has 0 spiro atoms. The van der Waals surface area contributed by atoms with Crippen LogP contribution in [0.1, 0.15) is 18.1 Å². The fourth-order valence-electron chi connectivity index (χ4n) is 1.95. The fourth-order valence-corrected chi connectivity index (χ4v) is 1.95. The van der Waals surface area contributed by atoms with Gasteiger partial charge in [0.1, 0.15) is 17.7 Å². The van der Waals surface area contributed by atoms with E-state index in [4.69, 9.17) is 5.41 Å². The van der Waals surface area contributed by atoms with Crippen LogP contribution in [-0.4, -0.2) is 29.9 Å². The summed E-state index contributed by atoms with van der Waals surface area (Å²) in [5.41, 5.74) is 1.40. The SMILES string of the molecule is COC(=O)C(C)N1Cc2ccc(F)cc2C1=N. The van der Waals surface area contributed by atoms with Crippen molar-refractivity contribution in [3.8, 4) is 0 Å². The molecule has 0 saturated carbocycles. The van der Waals surface area contributed by atoms with Crippen LogP contribution in [0.4, 0.5) is 4.39 Å². The normalized spacial score (nSPS) is 15.7. The van der Waals surface area contributed by atoms with E-state index in [9.17, 15) is 9.18 Å². The first-order valence-corrected chi connectivity index (χ1v) is 5.26. The number of rotatable bonds is 2. The number of carbonyl (C=O) groups excluding carboxylic acids is 1. The highest BCUT2D eigenvalue weighted by molar-refractivity contribution is 6.02. The third-order valence-corrected chi connectivity index (χ3v) is 2.96. The van der Waals surface area contributed by atoms with Crippen molar-refractivity contribution >= 4 is 11.8 Å². The molecule has 1 N–H and O–H groups in total. The monoisotopic (exact) mass is 236 g/mol. The van der Waals surface area contributed by atoms with E-state index in [2.05, 4.69) is 4.74 Å². The Hall–Kier alpha value is -1.91. The van der Waals surface area contributed by atoms with Gasteiger partial charge in [-0.25, -0.2) is 9.18 Å². The van der Waals surface area contributed by atoms with Crippen LogP contribution in [0.15, 0.2) is 18.2 Å². The molecule has 1 heterocycles. The van der Waals surface area contributed by atoms with Gasteiger partial charge in [-0.15, -0.1) is 0 Å². The third-order valence-electron chi connectivity index (χ3n) is 2.96. The molecule has 0 radical (unpaired) electrons. The Labute approximate surface area is 98.5 Å². The summed E-state index contributed by atoms with van der Waals surface area (Å²) in [7, 11) is 1.31. The standard InChI is InChI=1S/C12H13FN2O2/c1-7(12(16)17-2)15-6-8-3-4-9(13)5-10(8)11(15)14/h3-5,7,14H,6H2,1-2H3. The molecule has 1 aliphatic heterocycles. The Balaban J connectivity index is 2.28. The maximum Gasteiger partial charge on any atom is 0.328 e. The van der Waals surface area contributed by atoms with Crippen LogP contribution in [0.2, 0.25) is 0 Å². The van der Waals surface area contributed by atoms with Crippen LogP contribution in [-0.2, 0) is 16.1 Å². The van der Waals surface area contributed by atoms with Crippen molar-refractivity contribution in [2.75, 3.05) is 7.11 Å². The van der Waals surface area contributed by atoms with Crippen LogP contribution >= 0.6 is 0 Å². The van der Waals surface area contributed by atoms with E-state index in [1.165, 1.54) is 19.2 Å². The lowest BCUT2D eigenvalue weighted by atomic mass is 10.1. The van der Waals surface area contributed by atoms with Gasteiger partial charge in [-0.1, -0.05) is 6.07 Å². The molecule has 4 nitrogen and oxygen atoms in total. The minimum atomic E-state index is -0.539. The minimum absolute atomic E-state index is 0.164. The van der Waals surface area contributed by atoms with Gasteiger partial charge >= 0.3 is 5.97 Å². The van der Waals surface area contributed by atoms with E-state index >= 15 is 0 Å². The van der Waals surface area contributed by atoms with Gasteiger partial charge in [0.2, 0.25) is 0 Å². The van der Waals surface area contributed by atoms with Crippen LogP contribution in [0.5, 0.6) is 0 Å². The molecule has 2 rings (SSSR count). The molecule has 0 fully saturated rings. The zero-order valence-corrected chi connectivity index (χ0v) is 9.66. The summed E-state index contributed by atoms with van der Waals surface area (Å²) in [5.74, 6) is -0.610. The molecule has 0 aliphatic carbocycles. The van der Waals surface area contributed by atoms with Crippen molar-refractivity contribution < 1.29 is 13.9 Å². The predicted octanol–water partition coefficient (Wildman–Crippen LogP) is 1.53. The van der Waals surface area contributed by atoms with E-state index in [1.807, 2.05) is 0 Å². The van der Waals surface area contributed by atoms with Crippen molar-refractivity contribution in [2.45, 2.75) is 19.5 Å². The van der Waals surface area contributed by atoms with E-state index in [-0.39, 0.29) is 11.7 Å². The first kappa shape index (κ1) is 11.6. The summed E-state index contributed by atoms with van der Waals surface area (Å²) < 4.78 is 17.7. The van der Waals surface area contributed by atoms with Gasteiger partial charge in [0.05, 0.1) is 7.11 Å². The lowest BCUT2D eigenvalue weighted by Gasteiger charge is -2.23. The van der Waals surface area contributed by atoms with Gasteiger partial charge < -0.3 is 9.64 Å². The average Bonchev–Trinajstić information content (AvgIpc) is 2.65. The van der Waals surface area contributed by atoms with Gasteiger partial charge in [0, 0.05) is 12.1 Å². The number of halogens is 1. The number of esters is 1. The van der Waals surface area contributed by atoms with E-state index < -0.39 is 12.0 Å². The van der Waals surface area contributed by atoms with E-state index in [0.717, 1.165) is 5.56 Å². The summed E-state index contributed by atoms with van der Waals surface area (Å²) in [4.78, 5) is 13.0. The fraction of sp³-hybridized carbons (Fsp3) is 0.333. The molecule has 5 heteroatoms. The van der Waals surface area contributed by atoms with Gasteiger partial charge in [0.25, 0.3) is 0 Å². The quantitative estimate of drug-likeness (QED) is 0.792. The topological polar surface area (TPSA) is 53.4 Å². The molecular weight excluding hydrogens is 223 g/mol. The highest BCUT2D eigenvalue weighted by atomic mass is 19.1. The highest BCUT2D eigenvalue weighted by Gasteiger charge is 2.31. The van der Waals surface area contributed by atoms with Gasteiger partial charge in [0.15, 0.2) is 0 Å². The van der Waals surface area contributed by atoms with Crippen molar-refractivity contribution in [3.05, 3.63) is 35.1 Å². The molecule has 1 aromatic carbocycles. The zero-order valence-electron chi connectivity index (χ0n) is 9.66. The Morgan fingerprint density at radius 1 is 1.59 bits per heavy atom. The van der Waals surface area contributed by atoms with Crippen LogP contribution in [0, 0.1) is 11.2 Å². The van der Waals surface area contributed by atoms with Crippen LogP contribution in [0.25, 0.3) is 0 Å². The van der Waals surface area contributed by atoms with Gasteiger partial charge in [-0.3, -0.25) is 5.41 Å². The van der Waals surface area contributed by atoms with Crippen molar-refractivity contribution in [1.82, 2.24) is 4.90 Å². The van der Waals surface area contributed by atoms with Crippen molar-refractivity contribution in [2.24, 2.45) is 0 Å². The molecule has 1 aliphatic rings. The molecule has 1 aromatic rings. The molecule has 1 atom stereocenters. The number of methoxy groups -OCH3 is 1. The lowest BCUT2D eigenvalue weighted by molar-refractivity contribution is -0.144. The number of hydrogen-bond donors (Lipinski definition) is 1. The molecule has 17 heavy (non-hydrogen) atoms. The van der Waals surface area contributed by atoms with E-state index in [1.54, 1.807) is 17.9 Å². The van der Waals surface area contributed by atoms with Crippen LogP contribution < -0.4 is 0 Å². The Bertz CT molecular complexity index is 487. The van der Waals surface area contributed by atoms with Gasteiger partial charge in [-0.2, -0.15) is 0 Å². The van der Waals surface area contributed by atoms with Crippen molar-refractivity contribution in [3.63, 3.8) is 0 Å². The Morgan fingerprint density at radius 3 is 2.94 bits per heavy atom. The third kappa shape index (κ3) is 1.88. The summed E-state index contributed by atoms with van der Waals surface area (Å²) in [6.07, 6.45) is 0. The Kier molecular flexibility index (Phi) is 2.83. The summed E-state index contributed by atoms with van der Waals surface area (Å²) in [5, 5.41) is 7.93. The minimum Gasteiger partial charge on any atom is -0.467 e. The van der Waals surface area contributed by atoms with Gasteiger partial charge in [-0.05, 0) is 24.6 Å². The number of ether oxygens (including phenoxy) is 1. The maximum atomic E-state index is 13.1. The van der Waals surface area contributed by atoms with Crippen molar-refractivity contribution in [1.29, 1.82) is 5.41 Å². The zero-order chi connectivity index (χ0) is 12.6. The largest absolute Gasteiger partial charge is 0.467 e. The molecule has 0 amide bonds. The van der Waals surface area contributed by atoms with E-state index in [0.29, 0.717) is 12.1 Å². The average molecular weight is 236 g/mol. The molecule has 0 saturated heterocycles. The number of carbonyl (C=O) groups is 1. The highest BCUT2D eigenvalue weighted by Crippen LogP contribution is 2.25.